The second-order valence-corrected chi connectivity index (χ2v) is 4.48. The Kier molecular flexibility index (Phi) is 4.91. The molecule has 3 N–H and O–H groups in total. The van der Waals surface area contributed by atoms with Crippen LogP contribution in [0.3, 0.4) is 0 Å². The number of carbonyl (C=O) groups is 2. The van der Waals surface area contributed by atoms with Crippen LogP contribution >= 0.6 is 0 Å². The van der Waals surface area contributed by atoms with Crippen molar-refractivity contribution in [2.75, 3.05) is 32.7 Å². The number of nitrogens with one attached hydrogen (secondary N) is 3. The van der Waals surface area contributed by atoms with E-state index in [1.807, 2.05) is 0 Å². The summed E-state index contributed by atoms with van der Waals surface area (Å²) in [6.45, 7) is 3.30. The van der Waals surface area contributed by atoms with Crippen molar-refractivity contribution in [3.05, 3.63) is 18.2 Å². The van der Waals surface area contributed by atoms with E-state index >= 15 is 0 Å². The van der Waals surface area contributed by atoms with Gasteiger partial charge in [-0.3, -0.25) is 9.59 Å². The standard InChI is InChI=1S/C12H19N5O2/c18-11(15-4-2-10-8-14-9-16-10)12(19)17-6-1-3-13-5-7-17/h8-9,13H,1-7H2,(H,14,16)(H,15,18). The van der Waals surface area contributed by atoms with Gasteiger partial charge in [0.1, 0.15) is 0 Å². The fourth-order valence-corrected chi connectivity index (χ4v) is 2.00. The van der Waals surface area contributed by atoms with Gasteiger partial charge in [-0.2, -0.15) is 0 Å². The van der Waals surface area contributed by atoms with Crippen molar-refractivity contribution in [2.45, 2.75) is 12.8 Å². The summed E-state index contributed by atoms with van der Waals surface area (Å²) in [5.74, 6) is -0.963. The van der Waals surface area contributed by atoms with Gasteiger partial charge < -0.3 is 20.5 Å². The summed E-state index contributed by atoms with van der Waals surface area (Å²) in [6, 6.07) is 0. The quantitative estimate of drug-likeness (QED) is 0.605. The molecule has 0 spiro atoms. The summed E-state index contributed by atoms with van der Waals surface area (Å²) in [4.78, 5) is 32.1. The lowest BCUT2D eigenvalue weighted by Gasteiger charge is -2.18. The van der Waals surface area contributed by atoms with E-state index < -0.39 is 11.8 Å². The molecule has 0 unspecified atom stereocenters. The molecule has 0 aliphatic carbocycles. The molecule has 7 heteroatoms. The van der Waals surface area contributed by atoms with Crippen molar-refractivity contribution in [3.63, 3.8) is 0 Å². The van der Waals surface area contributed by atoms with Crippen molar-refractivity contribution in [1.29, 1.82) is 0 Å². The van der Waals surface area contributed by atoms with E-state index in [4.69, 9.17) is 0 Å². The molecule has 0 bridgehead atoms. The first kappa shape index (κ1) is 13.5. The Morgan fingerprint density at radius 1 is 1.37 bits per heavy atom. The molecule has 2 rings (SSSR count). The fourth-order valence-electron chi connectivity index (χ4n) is 2.00. The van der Waals surface area contributed by atoms with Crippen molar-refractivity contribution in [1.82, 2.24) is 25.5 Å². The molecule has 1 aliphatic rings. The molecule has 1 aromatic rings. The second kappa shape index (κ2) is 6.89. The van der Waals surface area contributed by atoms with Gasteiger partial charge in [0.05, 0.1) is 6.33 Å². The third kappa shape index (κ3) is 4.06. The number of hydrogen-bond donors (Lipinski definition) is 3. The third-order valence-corrected chi connectivity index (χ3v) is 3.06. The largest absolute Gasteiger partial charge is 0.348 e. The molecule has 1 fully saturated rings. The smallest absolute Gasteiger partial charge is 0.311 e. The molecular formula is C12H19N5O2. The molecular weight excluding hydrogens is 246 g/mol. The van der Waals surface area contributed by atoms with Gasteiger partial charge in [0.25, 0.3) is 0 Å². The van der Waals surface area contributed by atoms with E-state index in [0.717, 1.165) is 25.2 Å². The lowest BCUT2D eigenvalue weighted by atomic mass is 10.3. The first-order valence-electron chi connectivity index (χ1n) is 6.52. The first-order chi connectivity index (χ1) is 9.27. The highest BCUT2D eigenvalue weighted by Crippen LogP contribution is 1.97. The summed E-state index contributed by atoms with van der Waals surface area (Å²) in [5, 5.41) is 5.84. The van der Waals surface area contributed by atoms with Crippen molar-refractivity contribution in [3.8, 4) is 0 Å². The van der Waals surface area contributed by atoms with E-state index in [9.17, 15) is 9.59 Å². The highest BCUT2D eigenvalue weighted by Gasteiger charge is 2.21. The number of H-pyrrole nitrogens is 1. The lowest BCUT2D eigenvalue weighted by Crippen LogP contribution is -2.44. The minimum atomic E-state index is -0.526. The predicted molar refractivity (Wildman–Crippen MR) is 69.4 cm³/mol. The van der Waals surface area contributed by atoms with Gasteiger partial charge in [-0.15, -0.1) is 0 Å². The maximum Gasteiger partial charge on any atom is 0.311 e. The highest BCUT2D eigenvalue weighted by molar-refractivity contribution is 6.35. The Balaban J connectivity index is 1.73. The molecule has 1 saturated heterocycles. The number of aromatic nitrogens is 2. The third-order valence-electron chi connectivity index (χ3n) is 3.06. The number of amides is 2. The topological polar surface area (TPSA) is 90.1 Å². The number of hydrogen-bond acceptors (Lipinski definition) is 4. The lowest BCUT2D eigenvalue weighted by molar-refractivity contribution is -0.145. The summed E-state index contributed by atoms with van der Waals surface area (Å²) in [7, 11) is 0. The van der Waals surface area contributed by atoms with Crippen molar-refractivity contribution < 1.29 is 9.59 Å². The van der Waals surface area contributed by atoms with Crippen LogP contribution in [0, 0.1) is 0 Å². The maximum atomic E-state index is 11.9. The van der Waals surface area contributed by atoms with E-state index in [0.29, 0.717) is 26.1 Å². The Hall–Kier alpha value is -1.89. The van der Waals surface area contributed by atoms with Crippen LogP contribution in [0.5, 0.6) is 0 Å². The minimum absolute atomic E-state index is 0.429. The molecule has 2 heterocycles. The van der Waals surface area contributed by atoms with Gasteiger partial charge in [-0.1, -0.05) is 0 Å². The number of rotatable bonds is 3. The van der Waals surface area contributed by atoms with Gasteiger partial charge in [0.15, 0.2) is 0 Å². The van der Waals surface area contributed by atoms with Crippen LogP contribution in [0.25, 0.3) is 0 Å². The SMILES string of the molecule is O=C(NCCc1cnc[nH]1)C(=O)N1CCCNCC1. The number of carbonyl (C=O) groups excluding carboxylic acids is 2. The van der Waals surface area contributed by atoms with E-state index in [1.54, 1.807) is 17.4 Å². The summed E-state index contributed by atoms with van der Waals surface area (Å²) < 4.78 is 0. The van der Waals surface area contributed by atoms with Crippen LogP contribution in [0.1, 0.15) is 12.1 Å². The van der Waals surface area contributed by atoms with Crippen LogP contribution in [0.15, 0.2) is 12.5 Å². The van der Waals surface area contributed by atoms with E-state index in [1.165, 1.54) is 0 Å². The summed E-state index contributed by atoms with van der Waals surface area (Å²) in [6.07, 6.45) is 4.81. The van der Waals surface area contributed by atoms with Crippen LogP contribution in [0.2, 0.25) is 0 Å². The highest BCUT2D eigenvalue weighted by atomic mass is 16.2. The maximum absolute atomic E-state index is 11.9. The Labute approximate surface area is 111 Å². The molecule has 0 saturated carbocycles. The van der Waals surface area contributed by atoms with Gasteiger partial charge in [-0.25, -0.2) is 4.98 Å². The zero-order chi connectivity index (χ0) is 13.5. The molecule has 7 nitrogen and oxygen atoms in total. The van der Waals surface area contributed by atoms with E-state index in [2.05, 4.69) is 20.6 Å². The van der Waals surface area contributed by atoms with Crippen molar-refractivity contribution in [2.24, 2.45) is 0 Å². The molecule has 1 aromatic heterocycles. The molecule has 0 aromatic carbocycles. The summed E-state index contributed by atoms with van der Waals surface area (Å²) in [5.41, 5.74) is 0.937. The fraction of sp³-hybridized carbons (Fsp3) is 0.583. The predicted octanol–water partition coefficient (Wildman–Crippen LogP) is -1.11. The monoisotopic (exact) mass is 265 g/mol. The van der Waals surface area contributed by atoms with Crippen LogP contribution in [-0.2, 0) is 16.0 Å². The average Bonchev–Trinajstić information content (AvgIpc) is 2.78. The zero-order valence-electron chi connectivity index (χ0n) is 10.8. The van der Waals surface area contributed by atoms with Gasteiger partial charge in [0, 0.05) is 44.5 Å². The zero-order valence-corrected chi connectivity index (χ0v) is 10.8. The van der Waals surface area contributed by atoms with Gasteiger partial charge in [-0.05, 0) is 13.0 Å². The minimum Gasteiger partial charge on any atom is -0.348 e. The van der Waals surface area contributed by atoms with Crippen LogP contribution in [-0.4, -0.2) is 59.4 Å². The number of imidazole rings is 1. The Morgan fingerprint density at radius 2 is 2.26 bits per heavy atom. The average molecular weight is 265 g/mol. The number of nitrogens with zero attached hydrogens (tertiary/aromatic N) is 2. The summed E-state index contributed by atoms with van der Waals surface area (Å²) >= 11 is 0. The Morgan fingerprint density at radius 3 is 3.05 bits per heavy atom. The van der Waals surface area contributed by atoms with Crippen LogP contribution in [0.4, 0.5) is 0 Å². The van der Waals surface area contributed by atoms with Gasteiger partial charge >= 0.3 is 11.8 Å². The molecule has 2 amide bonds. The number of aromatic amines is 1. The molecule has 0 atom stereocenters. The van der Waals surface area contributed by atoms with Crippen LogP contribution < -0.4 is 10.6 Å². The normalized spacial score (nSPS) is 15.9. The molecule has 104 valence electrons. The molecule has 0 radical (unpaired) electrons. The second-order valence-electron chi connectivity index (χ2n) is 4.48. The first-order valence-corrected chi connectivity index (χ1v) is 6.52. The molecule has 19 heavy (non-hydrogen) atoms. The Bertz CT molecular complexity index is 410. The van der Waals surface area contributed by atoms with Gasteiger partial charge in [0.2, 0.25) is 0 Å². The molecule has 1 aliphatic heterocycles. The van der Waals surface area contributed by atoms with Crippen molar-refractivity contribution >= 4 is 11.8 Å². The van der Waals surface area contributed by atoms with E-state index in [-0.39, 0.29) is 0 Å².